The third-order valence-corrected chi connectivity index (χ3v) is 6.78. The molecule has 1 heterocycles. The van der Waals surface area contributed by atoms with Crippen LogP contribution in [0.2, 0.25) is 0 Å². The molecule has 0 amide bonds. The van der Waals surface area contributed by atoms with Crippen LogP contribution in [0.25, 0.3) is 0 Å². The molecular weight excluding hydrogens is 236 g/mol. The molecule has 0 aromatic rings. The predicted molar refractivity (Wildman–Crippen MR) is 75.5 cm³/mol. The van der Waals surface area contributed by atoms with Crippen molar-refractivity contribution >= 4 is 5.97 Å². The van der Waals surface area contributed by atoms with Gasteiger partial charge in [0.1, 0.15) is 5.60 Å². The molecule has 2 heteroatoms. The summed E-state index contributed by atoms with van der Waals surface area (Å²) in [7, 11) is 0. The number of cyclic esters (lactones) is 1. The normalized spacial score (nSPS) is 46.4. The van der Waals surface area contributed by atoms with Crippen molar-refractivity contribution in [3.8, 4) is 0 Å². The minimum absolute atomic E-state index is 0.126. The number of fused-ring (bicyclic) bond motifs is 4. The minimum Gasteiger partial charge on any atom is -0.459 e. The summed E-state index contributed by atoms with van der Waals surface area (Å²) in [5.41, 5.74) is -0.126. The second-order valence-electron chi connectivity index (χ2n) is 6.97. The van der Waals surface area contributed by atoms with Gasteiger partial charge in [0.05, 0.1) is 5.92 Å². The minimum atomic E-state index is -0.126. The quantitative estimate of drug-likeness (QED) is 0.716. The fraction of sp³-hybridized carbons (Fsp3) is 0.941. The molecule has 2 aliphatic carbocycles. The Morgan fingerprint density at radius 1 is 1.05 bits per heavy atom. The molecule has 1 saturated heterocycles. The van der Waals surface area contributed by atoms with Crippen molar-refractivity contribution in [2.24, 2.45) is 35.5 Å². The second-order valence-corrected chi connectivity index (χ2v) is 6.97. The summed E-state index contributed by atoms with van der Waals surface area (Å²) in [6, 6.07) is 0. The monoisotopic (exact) mass is 264 g/mol. The maximum absolute atomic E-state index is 12.3. The molecule has 3 rings (SSSR count). The number of carbonyl (C=O) groups is 1. The lowest BCUT2D eigenvalue weighted by Crippen LogP contribution is -2.54. The van der Waals surface area contributed by atoms with Crippen LogP contribution in [-0.2, 0) is 9.53 Å². The Labute approximate surface area is 117 Å². The molecule has 108 valence electrons. The van der Waals surface area contributed by atoms with Crippen molar-refractivity contribution in [2.45, 2.75) is 65.4 Å². The van der Waals surface area contributed by atoms with Gasteiger partial charge in [0.2, 0.25) is 0 Å². The van der Waals surface area contributed by atoms with E-state index >= 15 is 0 Å². The lowest BCUT2D eigenvalue weighted by Gasteiger charge is -2.51. The van der Waals surface area contributed by atoms with Crippen molar-refractivity contribution in [1.29, 1.82) is 0 Å². The van der Waals surface area contributed by atoms with E-state index < -0.39 is 0 Å². The molecule has 19 heavy (non-hydrogen) atoms. The van der Waals surface area contributed by atoms with E-state index in [0.29, 0.717) is 11.8 Å². The Morgan fingerprint density at radius 3 is 2.16 bits per heavy atom. The van der Waals surface area contributed by atoms with Crippen LogP contribution in [0.3, 0.4) is 0 Å². The van der Waals surface area contributed by atoms with E-state index in [4.69, 9.17) is 4.74 Å². The van der Waals surface area contributed by atoms with Crippen LogP contribution < -0.4 is 0 Å². The van der Waals surface area contributed by atoms with Crippen LogP contribution >= 0.6 is 0 Å². The number of rotatable bonds is 4. The zero-order valence-electron chi connectivity index (χ0n) is 12.8. The Hall–Kier alpha value is -0.530. The van der Waals surface area contributed by atoms with E-state index in [1.54, 1.807) is 0 Å². The number of hydrogen-bond donors (Lipinski definition) is 0. The molecule has 2 nitrogen and oxygen atoms in total. The fourth-order valence-electron chi connectivity index (χ4n) is 5.79. The van der Waals surface area contributed by atoms with Crippen molar-refractivity contribution in [2.75, 3.05) is 0 Å². The predicted octanol–water partition coefficient (Wildman–Crippen LogP) is 4.04. The molecule has 0 aromatic carbocycles. The Balaban J connectivity index is 1.93. The molecule has 0 aromatic heterocycles. The van der Waals surface area contributed by atoms with Crippen molar-refractivity contribution in [3.63, 3.8) is 0 Å². The highest BCUT2D eigenvalue weighted by Gasteiger charge is 2.71. The molecule has 3 fully saturated rings. The average Bonchev–Trinajstić information content (AvgIpc) is 2.83. The Morgan fingerprint density at radius 2 is 1.63 bits per heavy atom. The van der Waals surface area contributed by atoms with Gasteiger partial charge in [-0.3, -0.25) is 4.79 Å². The van der Waals surface area contributed by atoms with Crippen LogP contribution in [0.5, 0.6) is 0 Å². The van der Waals surface area contributed by atoms with Gasteiger partial charge in [-0.25, -0.2) is 0 Å². The van der Waals surface area contributed by atoms with Gasteiger partial charge in [-0.1, -0.05) is 40.5 Å². The highest BCUT2D eigenvalue weighted by atomic mass is 16.6. The highest BCUT2D eigenvalue weighted by Crippen LogP contribution is 2.69. The number of hydrogen-bond acceptors (Lipinski definition) is 2. The smallest absolute Gasteiger partial charge is 0.310 e. The molecule has 0 N–H and O–H groups in total. The summed E-state index contributed by atoms with van der Waals surface area (Å²) in [5, 5.41) is 0. The van der Waals surface area contributed by atoms with E-state index in [1.807, 2.05) is 0 Å². The van der Waals surface area contributed by atoms with E-state index in [0.717, 1.165) is 30.6 Å². The number of esters is 1. The van der Waals surface area contributed by atoms with Gasteiger partial charge in [-0.05, 0) is 42.9 Å². The lowest BCUT2D eigenvalue weighted by atomic mass is 9.50. The standard InChI is InChI=1S/C17H28O2/c1-5-10-9-11(6-2)13-12(10)14-15(13)17(7-3,8-4)19-16(14)18/h10-15H,5-9H2,1-4H3. The molecule has 0 spiro atoms. The molecular formula is C17H28O2. The molecule has 0 bridgehead atoms. The van der Waals surface area contributed by atoms with E-state index in [-0.39, 0.29) is 17.5 Å². The molecule has 6 atom stereocenters. The first-order valence-electron chi connectivity index (χ1n) is 8.36. The first-order chi connectivity index (χ1) is 9.13. The molecule has 6 unspecified atom stereocenters. The fourth-order valence-corrected chi connectivity index (χ4v) is 5.79. The van der Waals surface area contributed by atoms with Crippen LogP contribution in [0.15, 0.2) is 0 Å². The van der Waals surface area contributed by atoms with Crippen LogP contribution in [-0.4, -0.2) is 11.6 Å². The zero-order valence-corrected chi connectivity index (χ0v) is 12.8. The summed E-state index contributed by atoms with van der Waals surface area (Å²) in [4.78, 5) is 12.3. The lowest BCUT2D eigenvalue weighted by molar-refractivity contribution is -0.151. The third kappa shape index (κ3) is 1.52. The number of carbonyl (C=O) groups excluding carboxylic acids is 1. The summed E-state index contributed by atoms with van der Waals surface area (Å²) in [6.07, 6.45) is 5.85. The van der Waals surface area contributed by atoms with Gasteiger partial charge < -0.3 is 4.74 Å². The molecule has 3 aliphatic rings. The van der Waals surface area contributed by atoms with Crippen molar-refractivity contribution in [1.82, 2.24) is 0 Å². The van der Waals surface area contributed by atoms with E-state index in [9.17, 15) is 4.79 Å². The summed E-state index contributed by atoms with van der Waals surface area (Å²) < 4.78 is 5.92. The van der Waals surface area contributed by atoms with Crippen LogP contribution in [0, 0.1) is 35.5 Å². The first-order valence-corrected chi connectivity index (χ1v) is 8.36. The maximum Gasteiger partial charge on any atom is 0.310 e. The van der Waals surface area contributed by atoms with E-state index in [1.165, 1.54) is 19.3 Å². The SMILES string of the molecule is CCC1CC(CC)C2C1C1C(=O)OC(CC)(CC)C12. The van der Waals surface area contributed by atoms with Crippen LogP contribution in [0.1, 0.15) is 59.8 Å². The first kappa shape index (κ1) is 13.5. The second kappa shape index (κ2) is 4.49. The maximum atomic E-state index is 12.3. The molecule has 1 aliphatic heterocycles. The number of ether oxygens (including phenoxy) is 1. The van der Waals surface area contributed by atoms with Gasteiger partial charge in [0.25, 0.3) is 0 Å². The topological polar surface area (TPSA) is 26.3 Å². The van der Waals surface area contributed by atoms with Gasteiger partial charge in [0, 0.05) is 5.92 Å². The largest absolute Gasteiger partial charge is 0.459 e. The van der Waals surface area contributed by atoms with Crippen molar-refractivity contribution in [3.05, 3.63) is 0 Å². The average molecular weight is 264 g/mol. The van der Waals surface area contributed by atoms with Crippen molar-refractivity contribution < 1.29 is 9.53 Å². The summed E-state index contributed by atoms with van der Waals surface area (Å²) in [5.74, 6) is 3.92. The van der Waals surface area contributed by atoms with Gasteiger partial charge >= 0.3 is 5.97 Å². The summed E-state index contributed by atoms with van der Waals surface area (Å²) >= 11 is 0. The Bertz CT molecular complexity index is 371. The molecule has 2 saturated carbocycles. The summed E-state index contributed by atoms with van der Waals surface area (Å²) in [6.45, 7) is 9.00. The highest BCUT2D eigenvalue weighted by molar-refractivity contribution is 5.78. The van der Waals surface area contributed by atoms with Crippen LogP contribution in [0.4, 0.5) is 0 Å². The Kier molecular flexibility index (Phi) is 3.18. The third-order valence-electron chi connectivity index (χ3n) is 6.78. The van der Waals surface area contributed by atoms with Gasteiger partial charge in [-0.2, -0.15) is 0 Å². The zero-order chi connectivity index (χ0) is 13.8. The van der Waals surface area contributed by atoms with Gasteiger partial charge in [-0.15, -0.1) is 0 Å². The molecule has 0 radical (unpaired) electrons. The van der Waals surface area contributed by atoms with Gasteiger partial charge in [0.15, 0.2) is 0 Å². The van der Waals surface area contributed by atoms with E-state index in [2.05, 4.69) is 27.7 Å².